The molecule has 2 aliphatic rings. The van der Waals surface area contributed by atoms with Gasteiger partial charge in [-0.2, -0.15) is 0 Å². The molecule has 1 aromatic rings. The Morgan fingerprint density at radius 1 is 1.14 bits per heavy atom. The first-order valence-electron chi connectivity index (χ1n) is 11.0. The molecule has 0 heterocycles. The molecule has 160 valence electrons. The number of aliphatic hydroxyl groups excluding tert-OH is 1. The molecular formula is C23H35N3O3. The van der Waals surface area contributed by atoms with Crippen LogP contribution in [0.25, 0.3) is 0 Å². The monoisotopic (exact) mass is 401 g/mol. The summed E-state index contributed by atoms with van der Waals surface area (Å²) in [5.74, 6) is 0.0241. The Balaban J connectivity index is 1.65. The third kappa shape index (κ3) is 5.17. The Bertz CT molecular complexity index is 677. The predicted molar refractivity (Wildman–Crippen MR) is 113 cm³/mol. The number of amides is 2. The van der Waals surface area contributed by atoms with Crippen LogP contribution in [0.15, 0.2) is 30.3 Å². The molecule has 0 unspecified atom stereocenters. The summed E-state index contributed by atoms with van der Waals surface area (Å²) < 4.78 is 0. The van der Waals surface area contributed by atoms with E-state index in [4.69, 9.17) is 0 Å². The van der Waals surface area contributed by atoms with Crippen molar-refractivity contribution in [1.29, 1.82) is 0 Å². The van der Waals surface area contributed by atoms with Crippen LogP contribution in [0.2, 0.25) is 0 Å². The fourth-order valence-corrected chi connectivity index (χ4v) is 5.18. The van der Waals surface area contributed by atoms with Crippen molar-refractivity contribution in [3.8, 4) is 0 Å². The van der Waals surface area contributed by atoms with E-state index in [2.05, 4.69) is 16.0 Å². The van der Waals surface area contributed by atoms with Gasteiger partial charge in [0.25, 0.3) is 0 Å². The van der Waals surface area contributed by atoms with Crippen LogP contribution < -0.4 is 16.0 Å². The second-order valence-electron chi connectivity index (χ2n) is 8.51. The van der Waals surface area contributed by atoms with E-state index in [0.717, 1.165) is 37.7 Å². The van der Waals surface area contributed by atoms with Crippen molar-refractivity contribution >= 4 is 11.8 Å². The molecule has 1 aromatic carbocycles. The average molecular weight is 402 g/mol. The molecule has 29 heavy (non-hydrogen) atoms. The van der Waals surface area contributed by atoms with Crippen LogP contribution in [0.1, 0.15) is 51.0 Å². The van der Waals surface area contributed by atoms with Crippen LogP contribution in [0.3, 0.4) is 0 Å². The van der Waals surface area contributed by atoms with Crippen LogP contribution in [-0.2, 0) is 16.1 Å². The van der Waals surface area contributed by atoms with Crippen molar-refractivity contribution in [3.63, 3.8) is 0 Å². The van der Waals surface area contributed by atoms with Crippen molar-refractivity contribution < 1.29 is 14.7 Å². The third-order valence-electron chi connectivity index (χ3n) is 6.80. The van der Waals surface area contributed by atoms with Crippen LogP contribution in [0, 0.1) is 17.8 Å². The van der Waals surface area contributed by atoms with Gasteiger partial charge in [0.15, 0.2) is 0 Å². The van der Waals surface area contributed by atoms with E-state index in [1.807, 2.05) is 37.3 Å². The second-order valence-corrected chi connectivity index (χ2v) is 8.51. The minimum atomic E-state index is -0.684. The van der Waals surface area contributed by atoms with Gasteiger partial charge in [-0.25, -0.2) is 0 Å². The standard InChI is InChI=1S/C23H35N3O3/c1-3-18(24-2)23(29)26-19-11-7-10-16-12-13-17(20(16)21(19)27)22(28)25-14-15-8-5-4-6-9-15/h4-6,8-9,16-21,24,27H,3,7,10-14H2,1-2H3,(H,25,28)(H,26,29)/t16-,17+,18-,19-,20-,21-/m0/s1. The molecule has 3 rings (SSSR count). The highest BCUT2D eigenvalue weighted by molar-refractivity contribution is 5.82. The molecule has 0 aliphatic heterocycles. The number of rotatable bonds is 7. The molecule has 6 atom stereocenters. The summed E-state index contributed by atoms with van der Waals surface area (Å²) >= 11 is 0. The van der Waals surface area contributed by atoms with Crippen LogP contribution >= 0.6 is 0 Å². The summed E-state index contributed by atoms with van der Waals surface area (Å²) in [6, 6.07) is 9.33. The Hall–Kier alpha value is -1.92. The predicted octanol–water partition coefficient (Wildman–Crippen LogP) is 1.97. The van der Waals surface area contributed by atoms with Crippen LogP contribution in [-0.4, -0.2) is 42.2 Å². The number of hydrogen-bond donors (Lipinski definition) is 4. The lowest BCUT2D eigenvalue weighted by molar-refractivity contribution is -0.129. The number of benzene rings is 1. The summed E-state index contributed by atoms with van der Waals surface area (Å²) in [7, 11) is 1.78. The maximum atomic E-state index is 12.9. The van der Waals surface area contributed by atoms with Crippen molar-refractivity contribution in [2.75, 3.05) is 7.05 Å². The number of likely N-dealkylation sites (N-methyl/N-ethyl adjacent to an activating group) is 1. The molecule has 0 bridgehead atoms. The lowest BCUT2D eigenvalue weighted by Crippen LogP contribution is -2.53. The highest BCUT2D eigenvalue weighted by Crippen LogP contribution is 2.45. The van der Waals surface area contributed by atoms with Gasteiger partial charge in [-0.15, -0.1) is 0 Å². The van der Waals surface area contributed by atoms with E-state index in [1.165, 1.54) is 0 Å². The van der Waals surface area contributed by atoms with Gasteiger partial charge >= 0.3 is 0 Å². The SMILES string of the molecule is CC[C@H](NC)C(=O)N[C@H]1CCC[C@H]2CC[C@@H](C(=O)NCc3ccccc3)[C@H]2[C@H]1O. The fraction of sp³-hybridized carbons (Fsp3) is 0.652. The lowest BCUT2D eigenvalue weighted by Gasteiger charge is -2.32. The van der Waals surface area contributed by atoms with Crippen molar-refractivity contribution in [3.05, 3.63) is 35.9 Å². The van der Waals surface area contributed by atoms with E-state index < -0.39 is 6.10 Å². The van der Waals surface area contributed by atoms with Gasteiger partial charge in [0.2, 0.25) is 11.8 Å². The van der Waals surface area contributed by atoms with E-state index in [1.54, 1.807) is 7.05 Å². The Kier molecular flexibility index (Phi) is 7.67. The molecule has 0 saturated heterocycles. The number of fused-ring (bicyclic) bond motifs is 1. The summed E-state index contributed by atoms with van der Waals surface area (Å²) in [5, 5.41) is 20.3. The minimum absolute atomic E-state index is 0.0223. The zero-order valence-corrected chi connectivity index (χ0v) is 17.6. The van der Waals surface area contributed by atoms with Crippen molar-refractivity contribution in [1.82, 2.24) is 16.0 Å². The Morgan fingerprint density at radius 3 is 2.59 bits per heavy atom. The lowest BCUT2D eigenvalue weighted by atomic mass is 9.82. The molecule has 0 spiro atoms. The average Bonchev–Trinajstić information content (AvgIpc) is 3.10. The molecule has 2 amide bonds. The van der Waals surface area contributed by atoms with Crippen molar-refractivity contribution in [2.45, 2.75) is 70.2 Å². The van der Waals surface area contributed by atoms with Crippen molar-refractivity contribution in [2.24, 2.45) is 17.8 Å². The molecule has 2 fully saturated rings. The molecule has 2 aliphatic carbocycles. The van der Waals surface area contributed by atoms with Gasteiger partial charge in [0, 0.05) is 18.4 Å². The summed E-state index contributed by atoms with van der Waals surface area (Å²) in [4.78, 5) is 25.5. The van der Waals surface area contributed by atoms with Gasteiger partial charge in [0.05, 0.1) is 18.2 Å². The van der Waals surface area contributed by atoms with Crippen LogP contribution in [0.5, 0.6) is 0 Å². The zero-order valence-electron chi connectivity index (χ0n) is 17.6. The topological polar surface area (TPSA) is 90.5 Å². The number of nitrogens with one attached hydrogen (secondary N) is 3. The second kappa shape index (κ2) is 10.2. The molecule has 2 saturated carbocycles. The molecular weight excluding hydrogens is 366 g/mol. The van der Waals surface area contributed by atoms with Gasteiger partial charge in [-0.1, -0.05) is 43.7 Å². The number of aliphatic hydroxyl groups is 1. The maximum Gasteiger partial charge on any atom is 0.237 e. The van der Waals surface area contributed by atoms with E-state index >= 15 is 0 Å². The zero-order chi connectivity index (χ0) is 20.8. The van der Waals surface area contributed by atoms with Gasteiger partial charge in [-0.05, 0) is 50.6 Å². The minimum Gasteiger partial charge on any atom is -0.391 e. The largest absolute Gasteiger partial charge is 0.391 e. The van der Waals surface area contributed by atoms with Gasteiger partial charge in [-0.3, -0.25) is 9.59 Å². The first-order valence-corrected chi connectivity index (χ1v) is 11.0. The van der Waals surface area contributed by atoms with E-state index in [-0.39, 0.29) is 35.7 Å². The smallest absolute Gasteiger partial charge is 0.237 e. The third-order valence-corrected chi connectivity index (χ3v) is 6.80. The number of carbonyl (C=O) groups is 2. The maximum absolute atomic E-state index is 12.9. The normalized spacial score (nSPS) is 30.1. The molecule has 4 N–H and O–H groups in total. The highest BCUT2D eigenvalue weighted by Gasteiger charge is 2.47. The van der Waals surface area contributed by atoms with Crippen LogP contribution in [0.4, 0.5) is 0 Å². The number of hydrogen-bond acceptors (Lipinski definition) is 4. The Morgan fingerprint density at radius 2 is 1.90 bits per heavy atom. The van der Waals surface area contributed by atoms with E-state index in [9.17, 15) is 14.7 Å². The first-order chi connectivity index (χ1) is 14.0. The van der Waals surface area contributed by atoms with Gasteiger partial charge in [0.1, 0.15) is 0 Å². The molecule has 6 nitrogen and oxygen atoms in total. The Labute approximate surface area is 173 Å². The molecule has 0 aromatic heterocycles. The summed E-state index contributed by atoms with van der Waals surface area (Å²) in [5.41, 5.74) is 1.07. The number of carbonyl (C=O) groups excluding carboxylic acids is 2. The quantitative estimate of drug-likeness (QED) is 0.562. The molecule has 0 radical (unpaired) electrons. The fourth-order valence-electron chi connectivity index (χ4n) is 5.18. The molecule has 6 heteroatoms. The summed E-state index contributed by atoms with van der Waals surface area (Å²) in [6.45, 7) is 2.47. The van der Waals surface area contributed by atoms with Gasteiger partial charge < -0.3 is 21.1 Å². The first kappa shape index (κ1) is 21.8. The summed E-state index contributed by atoms with van der Waals surface area (Å²) in [6.07, 6.45) is 4.54. The van der Waals surface area contributed by atoms with E-state index in [0.29, 0.717) is 18.9 Å². The highest BCUT2D eigenvalue weighted by atomic mass is 16.3.